The third kappa shape index (κ3) is 5.84. The van der Waals surface area contributed by atoms with Crippen LogP contribution in [0.5, 0.6) is 11.5 Å². The van der Waals surface area contributed by atoms with Crippen LogP contribution in [0.1, 0.15) is 15.9 Å². The number of carbonyl (C=O) groups is 1. The molecular weight excluding hydrogens is 416 g/mol. The maximum absolute atomic E-state index is 13.0. The Balaban J connectivity index is 1.85. The highest BCUT2D eigenvalue weighted by Gasteiger charge is 2.20. The molecule has 0 heterocycles. The first kappa shape index (κ1) is 22.3. The topological polar surface area (TPSA) is 93.7 Å². The van der Waals surface area contributed by atoms with Crippen molar-refractivity contribution in [3.05, 3.63) is 83.9 Å². The average Bonchev–Trinajstić information content (AvgIpc) is 2.76. The Kier molecular flexibility index (Phi) is 7.28. The van der Waals surface area contributed by atoms with Crippen LogP contribution in [-0.4, -0.2) is 34.6 Å². The molecule has 0 saturated heterocycles. The quantitative estimate of drug-likeness (QED) is 0.491. The summed E-state index contributed by atoms with van der Waals surface area (Å²) < 4.78 is 39.4. The van der Waals surface area contributed by atoms with Crippen molar-refractivity contribution in [2.75, 3.05) is 25.0 Å². The third-order valence-electron chi connectivity index (χ3n) is 4.46. The van der Waals surface area contributed by atoms with Crippen LogP contribution in [-0.2, 0) is 14.8 Å². The number of nitrogens with one attached hydrogen (secondary N) is 2. The van der Waals surface area contributed by atoms with Crippen LogP contribution >= 0.6 is 0 Å². The van der Waals surface area contributed by atoms with Gasteiger partial charge in [0, 0.05) is 19.2 Å². The number of sulfonamides is 1. The summed E-state index contributed by atoms with van der Waals surface area (Å²) in [7, 11) is -2.42. The molecule has 0 saturated carbocycles. The molecule has 2 N–H and O–H groups in total. The molecule has 0 radical (unpaired) electrons. The Labute approximate surface area is 182 Å². The zero-order chi connectivity index (χ0) is 22.3. The van der Waals surface area contributed by atoms with Crippen molar-refractivity contribution < 1.29 is 22.7 Å². The molecule has 0 aliphatic carbocycles. The van der Waals surface area contributed by atoms with Crippen molar-refractivity contribution in [2.45, 2.75) is 11.8 Å². The predicted molar refractivity (Wildman–Crippen MR) is 119 cm³/mol. The molecule has 0 unspecified atom stereocenters. The number of anilines is 1. The average molecular weight is 441 g/mol. The number of amides is 1. The lowest BCUT2D eigenvalue weighted by molar-refractivity contribution is 0.0936. The van der Waals surface area contributed by atoms with Gasteiger partial charge in [-0.15, -0.1) is 0 Å². The molecule has 0 bridgehead atoms. The van der Waals surface area contributed by atoms with E-state index in [4.69, 9.17) is 9.47 Å². The SMILES string of the molecule is COCCNC(=O)c1cc(S(=O)(=O)Nc2ccccc2Oc2ccccc2)ccc1C. The molecule has 3 rings (SSSR count). The number of para-hydroxylation sites is 3. The van der Waals surface area contributed by atoms with Crippen molar-refractivity contribution in [1.29, 1.82) is 0 Å². The van der Waals surface area contributed by atoms with Crippen LogP contribution in [0.25, 0.3) is 0 Å². The highest BCUT2D eigenvalue weighted by atomic mass is 32.2. The molecule has 0 spiro atoms. The number of aryl methyl sites for hydroxylation is 1. The van der Waals surface area contributed by atoms with Gasteiger partial charge in [-0.3, -0.25) is 9.52 Å². The number of hydrogen-bond acceptors (Lipinski definition) is 5. The molecule has 8 heteroatoms. The molecule has 0 aromatic heterocycles. The summed E-state index contributed by atoms with van der Waals surface area (Å²) in [6, 6.07) is 20.3. The van der Waals surface area contributed by atoms with Crippen LogP contribution < -0.4 is 14.8 Å². The van der Waals surface area contributed by atoms with Crippen molar-refractivity contribution in [1.82, 2.24) is 5.32 Å². The number of hydrogen-bond donors (Lipinski definition) is 2. The smallest absolute Gasteiger partial charge is 0.262 e. The fourth-order valence-corrected chi connectivity index (χ4v) is 3.93. The van der Waals surface area contributed by atoms with E-state index in [-0.39, 0.29) is 22.1 Å². The standard InChI is InChI=1S/C23H24N2O5S/c1-17-12-13-19(16-20(17)23(26)24-14-15-29-2)31(27,28)25-21-10-6-7-11-22(21)30-18-8-4-3-5-9-18/h3-13,16,25H,14-15H2,1-2H3,(H,24,26). The Bertz CT molecular complexity index is 1150. The van der Waals surface area contributed by atoms with E-state index in [9.17, 15) is 13.2 Å². The first-order valence-electron chi connectivity index (χ1n) is 9.63. The highest BCUT2D eigenvalue weighted by Crippen LogP contribution is 2.31. The van der Waals surface area contributed by atoms with Gasteiger partial charge < -0.3 is 14.8 Å². The van der Waals surface area contributed by atoms with Crippen LogP contribution in [0, 0.1) is 6.92 Å². The van der Waals surface area contributed by atoms with Crippen molar-refractivity contribution in [3.8, 4) is 11.5 Å². The molecule has 3 aromatic carbocycles. The van der Waals surface area contributed by atoms with Gasteiger partial charge in [0.15, 0.2) is 5.75 Å². The third-order valence-corrected chi connectivity index (χ3v) is 5.82. The summed E-state index contributed by atoms with van der Waals surface area (Å²) in [6.45, 7) is 2.44. The second-order valence-electron chi connectivity index (χ2n) is 6.74. The molecule has 0 aliphatic heterocycles. The molecule has 3 aromatic rings. The second kappa shape index (κ2) is 10.1. The molecule has 0 aliphatic rings. The Morgan fingerprint density at radius 1 is 0.968 bits per heavy atom. The van der Waals surface area contributed by atoms with Crippen LogP contribution in [0.3, 0.4) is 0 Å². The zero-order valence-corrected chi connectivity index (χ0v) is 18.1. The van der Waals surface area contributed by atoms with Crippen molar-refractivity contribution in [3.63, 3.8) is 0 Å². The number of benzene rings is 3. The Hall–Kier alpha value is -3.36. The van der Waals surface area contributed by atoms with Gasteiger partial charge >= 0.3 is 0 Å². The van der Waals surface area contributed by atoms with E-state index < -0.39 is 10.0 Å². The highest BCUT2D eigenvalue weighted by molar-refractivity contribution is 7.92. The lowest BCUT2D eigenvalue weighted by atomic mass is 10.1. The number of rotatable bonds is 9. The van der Waals surface area contributed by atoms with E-state index in [1.165, 1.54) is 19.2 Å². The molecule has 162 valence electrons. The van der Waals surface area contributed by atoms with Crippen LogP contribution in [0.4, 0.5) is 5.69 Å². The summed E-state index contributed by atoms with van der Waals surface area (Å²) >= 11 is 0. The summed E-state index contributed by atoms with van der Waals surface area (Å²) in [5, 5.41) is 2.71. The van der Waals surface area contributed by atoms with Crippen LogP contribution in [0.15, 0.2) is 77.7 Å². The summed E-state index contributed by atoms with van der Waals surface area (Å²) in [6.07, 6.45) is 0. The minimum Gasteiger partial charge on any atom is -0.455 e. The fraction of sp³-hybridized carbons (Fsp3) is 0.174. The predicted octanol–water partition coefficient (Wildman–Crippen LogP) is 3.96. The van der Waals surface area contributed by atoms with Gasteiger partial charge in [0.05, 0.1) is 17.2 Å². The maximum Gasteiger partial charge on any atom is 0.262 e. The minimum atomic E-state index is -3.96. The van der Waals surface area contributed by atoms with E-state index in [1.54, 1.807) is 49.4 Å². The molecule has 31 heavy (non-hydrogen) atoms. The molecular formula is C23H24N2O5S. The van der Waals surface area contributed by atoms with Gasteiger partial charge in [-0.05, 0) is 48.9 Å². The van der Waals surface area contributed by atoms with Gasteiger partial charge in [-0.1, -0.05) is 36.4 Å². The van der Waals surface area contributed by atoms with E-state index in [1.807, 2.05) is 18.2 Å². The van der Waals surface area contributed by atoms with Crippen LogP contribution in [0.2, 0.25) is 0 Å². The largest absolute Gasteiger partial charge is 0.455 e. The number of ether oxygens (including phenoxy) is 2. The maximum atomic E-state index is 13.0. The summed E-state index contributed by atoms with van der Waals surface area (Å²) in [4.78, 5) is 12.4. The first-order valence-corrected chi connectivity index (χ1v) is 11.1. The lowest BCUT2D eigenvalue weighted by Crippen LogP contribution is -2.28. The normalized spacial score (nSPS) is 11.0. The van der Waals surface area contributed by atoms with Crippen molar-refractivity contribution >= 4 is 21.6 Å². The fourth-order valence-electron chi connectivity index (χ4n) is 2.83. The van der Waals surface area contributed by atoms with Gasteiger partial charge in [-0.25, -0.2) is 8.42 Å². The molecule has 7 nitrogen and oxygen atoms in total. The molecule has 0 atom stereocenters. The summed E-state index contributed by atoms with van der Waals surface area (Å²) in [5.41, 5.74) is 1.24. The van der Waals surface area contributed by atoms with Gasteiger partial charge in [0.2, 0.25) is 0 Å². The lowest BCUT2D eigenvalue weighted by Gasteiger charge is -2.14. The Morgan fingerprint density at radius 2 is 1.68 bits per heavy atom. The van der Waals surface area contributed by atoms with Gasteiger partial charge in [-0.2, -0.15) is 0 Å². The van der Waals surface area contributed by atoms with E-state index >= 15 is 0 Å². The van der Waals surface area contributed by atoms with Gasteiger partial charge in [0.25, 0.3) is 15.9 Å². The monoisotopic (exact) mass is 440 g/mol. The Morgan fingerprint density at radius 3 is 2.42 bits per heavy atom. The number of methoxy groups -OCH3 is 1. The molecule has 0 fully saturated rings. The summed E-state index contributed by atoms with van der Waals surface area (Å²) in [5.74, 6) is 0.584. The zero-order valence-electron chi connectivity index (χ0n) is 17.3. The second-order valence-corrected chi connectivity index (χ2v) is 8.42. The van der Waals surface area contributed by atoms with E-state index in [0.717, 1.165) is 0 Å². The van der Waals surface area contributed by atoms with Gasteiger partial charge in [0.1, 0.15) is 5.75 Å². The minimum absolute atomic E-state index is 0.0236. The van der Waals surface area contributed by atoms with Crippen molar-refractivity contribution in [2.24, 2.45) is 0 Å². The molecule has 1 amide bonds. The van der Waals surface area contributed by atoms with E-state index in [0.29, 0.717) is 30.2 Å². The first-order chi connectivity index (χ1) is 14.9. The van der Waals surface area contributed by atoms with E-state index in [2.05, 4.69) is 10.0 Å². The number of carbonyl (C=O) groups excluding carboxylic acids is 1.